The molecule has 8 nitrogen and oxygen atoms in total. The van der Waals surface area contributed by atoms with Crippen LogP contribution in [0, 0.1) is 5.41 Å². The van der Waals surface area contributed by atoms with Gasteiger partial charge >= 0.3 is 23.9 Å². The second-order valence-electron chi connectivity index (χ2n) is 5.87. The Hall–Kier alpha value is -3.68. The molecule has 0 unspecified atom stereocenters. The second kappa shape index (κ2) is 7.28. The largest absolute Gasteiger partial charge is 0.481 e. The number of hydrogen-bond acceptors (Lipinski definition) is 4. The van der Waals surface area contributed by atoms with Gasteiger partial charge in [0.15, 0.2) is 0 Å². The summed E-state index contributed by atoms with van der Waals surface area (Å²) in [5.41, 5.74) is -5.99. The molecule has 0 aliphatic carbocycles. The summed E-state index contributed by atoms with van der Waals surface area (Å²) in [6.45, 7) is 0. The topological polar surface area (TPSA) is 149 Å². The molecule has 0 radical (unpaired) electrons. The first kappa shape index (κ1) is 19.6. The molecule has 0 amide bonds. The van der Waals surface area contributed by atoms with E-state index in [0.717, 1.165) is 0 Å². The average molecular weight is 372 g/mol. The second-order valence-corrected chi connectivity index (χ2v) is 5.87. The summed E-state index contributed by atoms with van der Waals surface area (Å²) in [4.78, 5) is 48.1. The molecule has 0 saturated heterocycles. The van der Waals surface area contributed by atoms with E-state index in [0.29, 0.717) is 0 Å². The quantitative estimate of drug-likeness (QED) is 0.511. The SMILES string of the molecule is O=C(O)CC(c1ccccc1)(c1ccccc1)C(C(=O)O)(C(=O)O)C(=O)O. The number of carboxylic acid groups (broad SMARTS) is 4. The lowest BCUT2D eigenvalue weighted by molar-refractivity contribution is -0.181. The summed E-state index contributed by atoms with van der Waals surface area (Å²) in [5, 5.41) is 38.8. The summed E-state index contributed by atoms with van der Waals surface area (Å²) in [5.74, 6) is -8.06. The Kier molecular flexibility index (Phi) is 5.30. The van der Waals surface area contributed by atoms with Crippen LogP contribution in [0.2, 0.25) is 0 Å². The van der Waals surface area contributed by atoms with Crippen molar-refractivity contribution in [2.45, 2.75) is 11.8 Å². The molecule has 0 saturated carbocycles. The fraction of sp³-hybridized carbons (Fsp3) is 0.158. The van der Waals surface area contributed by atoms with Gasteiger partial charge in [0.25, 0.3) is 5.41 Å². The van der Waals surface area contributed by atoms with Crippen molar-refractivity contribution >= 4 is 23.9 Å². The maximum Gasteiger partial charge on any atom is 0.334 e. The third kappa shape index (κ3) is 2.91. The van der Waals surface area contributed by atoms with E-state index in [2.05, 4.69) is 0 Å². The third-order valence-corrected chi connectivity index (χ3v) is 4.55. The molecule has 0 atom stereocenters. The highest BCUT2D eigenvalue weighted by molar-refractivity contribution is 6.19. The summed E-state index contributed by atoms with van der Waals surface area (Å²) in [6.07, 6.45) is -1.06. The number of carbonyl (C=O) groups is 4. The van der Waals surface area contributed by atoms with Crippen molar-refractivity contribution in [3.8, 4) is 0 Å². The fourth-order valence-corrected chi connectivity index (χ4v) is 3.43. The molecular weight excluding hydrogens is 356 g/mol. The molecule has 0 bridgehead atoms. The Morgan fingerprint density at radius 2 is 0.963 bits per heavy atom. The van der Waals surface area contributed by atoms with Crippen molar-refractivity contribution in [3.63, 3.8) is 0 Å². The maximum absolute atomic E-state index is 12.1. The van der Waals surface area contributed by atoms with E-state index in [1.807, 2.05) is 0 Å². The Labute approximate surface area is 153 Å². The summed E-state index contributed by atoms with van der Waals surface area (Å²) >= 11 is 0. The van der Waals surface area contributed by atoms with Crippen LogP contribution in [-0.4, -0.2) is 44.3 Å². The van der Waals surface area contributed by atoms with E-state index in [-0.39, 0.29) is 11.1 Å². The van der Waals surface area contributed by atoms with Crippen molar-refractivity contribution in [1.82, 2.24) is 0 Å². The lowest BCUT2D eigenvalue weighted by Gasteiger charge is -2.42. The summed E-state index contributed by atoms with van der Waals surface area (Å²) in [7, 11) is 0. The maximum atomic E-state index is 12.1. The summed E-state index contributed by atoms with van der Waals surface area (Å²) < 4.78 is 0. The molecule has 2 aromatic carbocycles. The minimum atomic E-state index is -3.48. The zero-order valence-electron chi connectivity index (χ0n) is 13.9. The van der Waals surface area contributed by atoms with Crippen LogP contribution in [0.5, 0.6) is 0 Å². The molecule has 2 aromatic rings. The molecule has 0 heterocycles. The van der Waals surface area contributed by atoms with Crippen molar-refractivity contribution < 1.29 is 39.6 Å². The summed E-state index contributed by atoms with van der Waals surface area (Å²) in [6, 6.07) is 14.2. The highest BCUT2D eigenvalue weighted by Gasteiger charge is 2.70. The molecule has 27 heavy (non-hydrogen) atoms. The van der Waals surface area contributed by atoms with Gasteiger partial charge < -0.3 is 20.4 Å². The molecule has 2 rings (SSSR count). The molecular formula is C19H16O8. The van der Waals surface area contributed by atoms with E-state index in [9.17, 15) is 39.6 Å². The van der Waals surface area contributed by atoms with Crippen molar-refractivity contribution in [2.75, 3.05) is 0 Å². The molecule has 0 fully saturated rings. The average Bonchev–Trinajstić information content (AvgIpc) is 2.61. The van der Waals surface area contributed by atoms with Gasteiger partial charge in [-0.2, -0.15) is 0 Å². The number of rotatable bonds is 8. The fourth-order valence-electron chi connectivity index (χ4n) is 3.43. The van der Waals surface area contributed by atoms with Crippen LogP contribution in [0.1, 0.15) is 17.5 Å². The minimum absolute atomic E-state index is 0.0502. The highest BCUT2D eigenvalue weighted by Crippen LogP contribution is 2.51. The monoisotopic (exact) mass is 372 g/mol. The van der Waals surface area contributed by atoms with Crippen LogP contribution in [-0.2, 0) is 24.6 Å². The molecule has 140 valence electrons. The van der Waals surface area contributed by atoms with Gasteiger partial charge in [-0.15, -0.1) is 0 Å². The van der Waals surface area contributed by atoms with Crippen LogP contribution in [0.4, 0.5) is 0 Å². The Morgan fingerprint density at radius 3 is 1.22 bits per heavy atom. The number of carboxylic acids is 4. The molecule has 0 spiro atoms. The van der Waals surface area contributed by atoms with E-state index in [4.69, 9.17) is 0 Å². The molecule has 0 aliphatic rings. The number of aliphatic carboxylic acids is 4. The Balaban J connectivity index is 3.11. The minimum Gasteiger partial charge on any atom is -0.481 e. The van der Waals surface area contributed by atoms with Gasteiger partial charge in [0.05, 0.1) is 11.8 Å². The number of benzene rings is 2. The first-order chi connectivity index (χ1) is 12.7. The van der Waals surface area contributed by atoms with E-state index in [1.54, 1.807) is 12.1 Å². The van der Waals surface area contributed by atoms with Gasteiger partial charge in [-0.1, -0.05) is 60.7 Å². The van der Waals surface area contributed by atoms with Crippen molar-refractivity contribution in [3.05, 3.63) is 71.8 Å². The highest BCUT2D eigenvalue weighted by atomic mass is 16.4. The van der Waals surface area contributed by atoms with Crippen LogP contribution >= 0.6 is 0 Å². The van der Waals surface area contributed by atoms with Gasteiger partial charge in [0, 0.05) is 0 Å². The van der Waals surface area contributed by atoms with Crippen molar-refractivity contribution in [1.29, 1.82) is 0 Å². The predicted molar refractivity (Wildman–Crippen MR) is 91.3 cm³/mol. The van der Waals surface area contributed by atoms with Crippen LogP contribution in [0.25, 0.3) is 0 Å². The molecule has 0 aromatic heterocycles. The molecule has 4 N–H and O–H groups in total. The van der Waals surface area contributed by atoms with Crippen LogP contribution in [0.15, 0.2) is 60.7 Å². The van der Waals surface area contributed by atoms with Gasteiger partial charge in [-0.05, 0) is 11.1 Å². The van der Waals surface area contributed by atoms with Gasteiger partial charge in [-0.3, -0.25) is 19.2 Å². The lowest BCUT2D eigenvalue weighted by atomic mass is 9.54. The zero-order valence-corrected chi connectivity index (χ0v) is 13.9. The first-order valence-corrected chi connectivity index (χ1v) is 7.74. The third-order valence-electron chi connectivity index (χ3n) is 4.55. The van der Waals surface area contributed by atoms with Gasteiger partial charge in [-0.25, -0.2) is 0 Å². The van der Waals surface area contributed by atoms with Crippen molar-refractivity contribution in [2.24, 2.45) is 5.41 Å². The van der Waals surface area contributed by atoms with Crippen LogP contribution < -0.4 is 0 Å². The van der Waals surface area contributed by atoms with Crippen LogP contribution in [0.3, 0.4) is 0 Å². The Morgan fingerprint density at radius 1 is 0.630 bits per heavy atom. The predicted octanol–water partition coefficient (Wildman–Crippen LogP) is 1.69. The van der Waals surface area contributed by atoms with Gasteiger partial charge in [0.1, 0.15) is 0 Å². The zero-order chi connectivity index (χ0) is 20.2. The van der Waals surface area contributed by atoms with Gasteiger partial charge in [0.2, 0.25) is 0 Å². The van der Waals surface area contributed by atoms with E-state index >= 15 is 0 Å². The molecule has 8 heteroatoms. The number of hydrogen-bond donors (Lipinski definition) is 4. The standard InChI is InChI=1S/C19H16O8/c20-14(21)11-18(12-7-3-1-4-8-12,13-9-5-2-6-10-13)19(15(22)23,16(24)25)17(26)27/h1-10H,11H2,(H,20,21)(H,22,23)(H,24,25)(H,26,27). The normalized spacial score (nSPS) is 11.6. The van der Waals surface area contributed by atoms with E-state index < -0.39 is 41.1 Å². The molecule has 0 aliphatic heterocycles. The smallest absolute Gasteiger partial charge is 0.334 e. The Bertz CT molecular complexity index is 798. The lowest BCUT2D eigenvalue weighted by Crippen LogP contribution is -2.62. The van der Waals surface area contributed by atoms with E-state index in [1.165, 1.54) is 48.5 Å². The first-order valence-electron chi connectivity index (χ1n) is 7.74.